The van der Waals surface area contributed by atoms with Gasteiger partial charge in [-0.25, -0.2) is 14.4 Å². The minimum Gasteiger partial charge on any atom is -0.382 e. The molecule has 1 aliphatic rings. The Kier molecular flexibility index (Phi) is 5.22. The van der Waals surface area contributed by atoms with Crippen LogP contribution in [0, 0.1) is 5.82 Å². The largest absolute Gasteiger partial charge is 0.416 e. The summed E-state index contributed by atoms with van der Waals surface area (Å²) in [6, 6.07) is 8.95. The molecule has 5 rings (SSSR count). The zero-order valence-electron chi connectivity index (χ0n) is 17.8. The number of hydrogen-bond acceptors (Lipinski definition) is 4. The molecule has 0 atom stereocenters. The molecule has 2 aromatic carbocycles. The van der Waals surface area contributed by atoms with Crippen LogP contribution in [0.2, 0.25) is 0 Å². The Morgan fingerprint density at radius 3 is 2.59 bits per heavy atom. The van der Waals surface area contributed by atoms with Crippen LogP contribution in [-0.2, 0) is 30.2 Å². The summed E-state index contributed by atoms with van der Waals surface area (Å²) in [6.07, 6.45) is -0.883. The van der Waals surface area contributed by atoms with Gasteiger partial charge < -0.3 is 15.6 Å². The number of amides is 1. The first kappa shape index (κ1) is 21.9. The Labute approximate surface area is 191 Å². The first-order valence-electron chi connectivity index (χ1n) is 10.6. The molecule has 0 aliphatic heterocycles. The Bertz CT molecular complexity index is 1410. The Hall–Kier alpha value is -3.95. The van der Waals surface area contributed by atoms with Crippen molar-refractivity contribution in [2.45, 2.75) is 31.9 Å². The third kappa shape index (κ3) is 3.85. The highest BCUT2D eigenvalue weighted by Crippen LogP contribution is 2.36. The van der Waals surface area contributed by atoms with E-state index < -0.39 is 29.9 Å². The number of nitrogens with one attached hydrogen (secondary N) is 1. The smallest absolute Gasteiger partial charge is 0.382 e. The summed E-state index contributed by atoms with van der Waals surface area (Å²) in [6.45, 7) is 0. The van der Waals surface area contributed by atoms with Gasteiger partial charge in [0.25, 0.3) is 0 Å². The first-order chi connectivity index (χ1) is 16.2. The lowest BCUT2D eigenvalue weighted by Crippen LogP contribution is -2.16. The van der Waals surface area contributed by atoms with Crippen molar-refractivity contribution >= 4 is 28.4 Å². The minimum atomic E-state index is -4.62. The van der Waals surface area contributed by atoms with Crippen LogP contribution in [0.15, 0.2) is 48.8 Å². The third-order valence-electron chi connectivity index (χ3n) is 5.95. The normalized spacial score (nSPS) is 13.3. The third-order valence-corrected chi connectivity index (χ3v) is 5.95. The predicted molar refractivity (Wildman–Crippen MR) is 119 cm³/mol. The van der Waals surface area contributed by atoms with Crippen molar-refractivity contribution in [1.82, 2.24) is 14.5 Å². The molecule has 2 aromatic heterocycles. The summed E-state index contributed by atoms with van der Waals surface area (Å²) in [5.74, 6) is -1.12. The van der Waals surface area contributed by atoms with Crippen molar-refractivity contribution in [3.63, 3.8) is 0 Å². The zero-order chi connectivity index (χ0) is 24.0. The molecule has 4 aromatic rings. The number of anilines is 2. The van der Waals surface area contributed by atoms with E-state index in [2.05, 4.69) is 15.3 Å². The summed E-state index contributed by atoms with van der Waals surface area (Å²) < 4.78 is 54.7. The van der Waals surface area contributed by atoms with E-state index in [1.165, 1.54) is 6.33 Å². The quantitative estimate of drug-likeness (QED) is 0.419. The summed E-state index contributed by atoms with van der Waals surface area (Å²) in [5, 5.41) is 2.60. The number of aromatic nitrogens is 3. The van der Waals surface area contributed by atoms with Gasteiger partial charge >= 0.3 is 6.18 Å². The SMILES string of the molecule is Nc1ncnc2c3c(n(-c4ccc(NC(=O)Cc5cc(C(F)(F)F)ccc5F)cc4)c12)CCC3. The number of nitrogens with two attached hydrogens (primary N) is 1. The lowest BCUT2D eigenvalue weighted by molar-refractivity contribution is -0.137. The number of benzene rings is 2. The second kappa shape index (κ2) is 8.12. The van der Waals surface area contributed by atoms with E-state index in [4.69, 9.17) is 5.73 Å². The van der Waals surface area contributed by atoms with Gasteiger partial charge in [0.05, 0.1) is 17.5 Å². The number of alkyl halides is 3. The average Bonchev–Trinajstić information content (AvgIpc) is 3.37. The average molecular weight is 469 g/mol. The molecule has 6 nitrogen and oxygen atoms in total. The number of hydrogen-bond donors (Lipinski definition) is 2. The monoisotopic (exact) mass is 469 g/mol. The highest BCUT2D eigenvalue weighted by Gasteiger charge is 2.31. The van der Waals surface area contributed by atoms with Gasteiger partial charge in [-0.1, -0.05) is 0 Å². The maximum Gasteiger partial charge on any atom is 0.416 e. The van der Waals surface area contributed by atoms with Crippen molar-refractivity contribution in [1.29, 1.82) is 0 Å². The number of nitrogen functional groups attached to an aromatic ring is 1. The van der Waals surface area contributed by atoms with E-state index in [-0.39, 0.29) is 5.56 Å². The zero-order valence-corrected chi connectivity index (χ0v) is 17.8. The number of nitrogens with zero attached hydrogens (tertiary/aromatic N) is 3. The minimum absolute atomic E-state index is 0.325. The van der Waals surface area contributed by atoms with Gasteiger partial charge in [-0.15, -0.1) is 0 Å². The van der Waals surface area contributed by atoms with Crippen LogP contribution in [0.25, 0.3) is 16.7 Å². The molecule has 1 amide bonds. The summed E-state index contributed by atoms with van der Waals surface area (Å²) in [5.41, 5.74) is 9.92. The number of rotatable bonds is 4. The van der Waals surface area contributed by atoms with Crippen LogP contribution in [0.1, 0.15) is 28.8 Å². The molecule has 0 spiro atoms. The van der Waals surface area contributed by atoms with Gasteiger partial charge in [0.2, 0.25) is 5.91 Å². The highest BCUT2D eigenvalue weighted by molar-refractivity contribution is 5.93. The second-order valence-corrected chi connectivity index (χ2v) is 8.15. The van der Waals surface area contributed by atoms with Crippen molar-refractivity contribution in [3.8, 4) is 5.69 Å². The molecule has 2 heterocycles. The molecule has 0 fully saturated rings. The number of aryl methyl sites for hydroxylation is 1. The maximum atomic E-state index is 14.0. The molecule has 0 saturated carbocycles. The molecule has 174 valence electrons. The van der Waals surface area contributed by atoms with Gasteiger partial charge in [0.1, 0.15) is 17.7 Å². The van der Waals surface area contributed by atoms with Crippen LogP contribution in [-0.4, -0.2) is 20.4 Å². The van der Waals surface area contributed by atoms with Gasteiger partial charge in [0, 0.05) is 17.1 Å². The van der Waals surface area contributed by atoms with E-state index in [1.807, 2.05) is 4.57 Å². The van der Waals surface area contributed by atoms with Crippen LogP contribution < -0.4 is 11.1 Å². The maximum absolute atomic E-state index is 14.0. The molecule has 0 bridgehead atoms. The van der Waals surface area contributed by atoms with Gasteiger partial charge in [-0.05, 0) is 72.9 Å². The van der Waals surface area contributed by atoms with E-state index in [1.54, 1.807) is 24.3 Å². The van der Waals surface area contributed by atoms with Crippen LogP contribution >= 0.6 is 0 Å². The van der Waals surface area contributed by atoms with Crippen LogP contribution in [0.3, 0.4) is 0 Å². The van der Waals surface area contributed by atoms with Crippen molar-refractivity contribution in [2.75, 3.05) is 11.1 Å². The Morgan fingerprint density at radius 2 is 1.85 bits per heavy atom. The molecule has 10 heteroatoms. The Balaban J connectivity index is 1.38. The van der Waals surface area contributed by atoms with E-state index >= 15 is 0 Å². The molecular formula is C24H19F4N5O. The standard InChI is InChI=1S/C24H19F4N5O/c25-18-9-4-14(24(26,27)28)10-13(18)11-20(34)32-15-5-7-16(8-6-15)33-19-3-1-2-17(19)21-22(33)23(29)31-12-30-21/h4-10,12H,1-3,11H2,(H,32,34)(H2,29,30,31). The number of carbonyl (C=O) groups excluding carboxylic acids is 1. The first-order valence-corrected chi connectivity index (χ1v) is 10.6. The molecule has 3 N–H and O–H groups in total. The van der Waals surface area contributed by atoms with E-state index in [0.29, 0.717) is 23.6 Å². The molecule has 1 aliphatic carbocycles. The molecular weight excluding hydrogens is 450 g/mol. The highest BCUT2D eigenvalue weighted by atomic mass is 19.4. The lowest BCUT2D eigenvalue weighted by Gasteiger charge is -2.12. The fourth-order valence-electron chi connectivity index (χ4n) is 4.44. The summed E-state index contributed by atoms with van der Waals surface area (Å²) in [4.78, 5) is 20.9. The van der Waals surface area contributed by atoms with Crippen LogP contribution in [0.4, 0.5) is 29.1 Å². The topological polar surface area (TPSA) is 85.8 Å². The van der Waals surface area contributed by atoms with Crippen molar-refractivity contribution in [2.24, 2.45) is 0 Å². The molecule has 0 radical (unpaired) electrons. The Morgan fingerprint density at radius 1 is 1.09 bits per heavy atom. The van der Waals surface area contributed by atoms with Gasteiger partial charge in [-0.2, -0.15) is 13.2 Å². The fraction of sp³-hybridized carbons (Fsp3) is 0.208. The molecule has 0 saturated heterocycles. The van der Waals surface area contributed by atoms with Gasteiger partial charge in [0.15, 0.2) is 5.82 Å². The number of fused-ring (bicyclic) bond motifs is 3. The summed E-state index contributed by atoms with van der Waals surface area (Å²) in [7, 11) is 0. The molecule has 0 unspecified atom stereocenters. The predicted octanol–water partition coefficient (Wildman–Crippen LogP) is 4.83. The van der Waals surface area contributed by atoms with Gasteiger partial charge in [-0.3, -0.25) is 4.79 Å². The number of carbonyl (C=O) groups is 1. The fourth-order valence-corrected chi connectivity index (χ4v) is 4.44. The number of halogens is 4. The summed E-state index contributed by atoms with van der Waals surface area (Å²) >= 11 is 0. The second-order valence-electron chi connectivity index (χ2n) is 8.15. The lowest BCUT2D eigenvalue weighted by atomic mass is 10.1. The van der Waals surface area contributed by atoms with E-state index in [9.17, 15) is 22.4 Å². The van der Waals surface area contributed by atoms with Crippen LogP contribution in [0.5, 0.6) is 0 Å². The molecule has 34 heavy (non-hydrogen) atoms. The van der Waals surface area contributed by atoms with Crippen molar-refractivity contribution < 1.29 is 22.4 Å². The van der Waals surface area contributed by atoms with E-state index in [0.717, 1.165) is 53.3 Å². The van der Waals surface area contributed by atoms with Crippen molar-refractivity contribution in [3.05, 3.63) is 77.0 Å².